The molecule has 16 heavy (non-hydrogen) atoms. The molecule has 0 heterocycles. The molecule has 0 bridgehead atoms. The summed E-state index contributed by atoms with van der Waals surface area (Å²) in [5, 5.41) is 9.51. The lowest BCUT2D eigenvalue weighted by atomic mass is 10.0. The van der Waals surface area contributed by atoms with E-state index in [-0.39, 0.29) is 5.78 Å². The first kappa shape index (κ1) is 14.7. The van der Waals surface area contributed by atoms with Gasteiger partial charge in [0.15, 0.2) is 5.78 Å². The smallest absolute Gasteiger partial charge is 0.162 e. The van der Waals surface area contributed by atoms with Crippen molar-refractivity contribution in [2.24, 2.45) is 0 Å². The van der Waals surface area contributed by atoms with Crippen LogP contribution in [-0.2, 0) is 6.42 Å². The van der Waals surface area contributed by atoms with Gasteiger partial charge in [0, 0.05) is 12.0 Å². The number of benzene rings is 1. The van der Waals surface area contributed by atoms with Crippen molar-refractivity contribution in [2.45, 2.75) is 47.0 Å². The van der Waals surface area contributed by atoms with E-state index in [0.717, 1.165) is 18.4 Å². The number of carbonyl (C=O) groups is 1. The number of Topliss-reactive ketones (excluding diaryl/α,β-unsaturated/α-hetero) is 1. The van der Waals surface area contributed by atoms with Crippen LogP contribution in [0.2, 0.25) is 0 Å². The van der Waals surface area contributed by atoms with E-state index >= 15 is 0 Å². The zero-order chi connectivity index (χ0) is 12.6. The summed E-state index contributed by atoms with van der Waals surface area (Å²) >= 11 is 0. The molecule has 0 fully saturated rings. The Morgan fingerprint density at radius 2 is 1.88 bits per heavy atom. The molecular weight excluding hydrogens is 200 g/mol. The van der Waals surface area contributed by atoms with Crippen molar-refractivity contribution in [3.05, 3.63) is 29.3 Å². The second-order valence-electron chi connectivity index (χ2n) is 3.37. The lowest BCUT2D eigenvalue weighted by Gasteiger charge is -2.05. The van der Waals surface area contributed by atoms with Crippen LogP contribution < -0.4 is 0 Å². The average Bonchev–Trinajstić information content (AvgIpc) is 2.34. The van der Waals surface area contributed by atoms with E-state index in [1.54, 1.807) is 18.2 Å². The van der Waals surface area contributed by atoms with Gasteiger partial charge in [-0.15, -0.1) is 0 Å². The predicted octanol–water partition coefficient (Wildman–Crippen LogP) is 3.96. The van der Waals surface area contributed by atoms with Gasteiger partial charge in [-0.3, -0.25) is 4.79 Å². The van der Waals surface area contributed by atoms with Crippen molar-refractivity contribution in [3.63, 3.8) is 0 Å². The molecule has 0 amide bonds. The normalized spacial score (nSPS) is 9.25. The minimum Gasteiger partial charge on any atom is -0.508 e. The minimum absolute atomic E-state index is 0.127. The number of rotatable bonds is 4. The van der Waals surface area contributed by atoms with Crippen LogP contribution >= 0.6 is 0 Å². The van der Waals surface area contributed by atoms with Gasteiger partial charge in [-0.25, -0.2) is 0 Å². The number of ketones is 1. The van der Waals surface area contributed by atoms with Crippen molar-refractivity contribution in [3.8, 4) is 5.75 Å². The minimum atomic E-state index is 0.127. The van der Waals surface area contributed by atoms with Gasteiger partial charge in [-0.05, 0) is 30.2 Å². The Bertz CT molecular complexity index is 330. The molecular formula is C14H22O2. The highest BCUT2D eigenvalue weighted by Crippen LogP contribution is 2.20. The first-order valence-electron chi connectivity index (χ1n) is 6.04. The topological polar surface area (TPSA) is 37.3 Å². The Morgan fingerprint density at radius 1 is 1.25 bits per heavy atom. The van der Waals surface area contributed by atoms with Gasteiger partial charge in [-0.2, -0.15) is 0 Å². The summed E-state index contributed by atoms with van der Waals surface area (Å²) in [6, 6.07) is 5.08. The molecule has 0 aromatic heterocycles. The third-order valence-corrected chi connectivity index (χ3v) is 2.24. The summed E-state index contributed by atoms with van der Waals surface area (Å²) in [4.78, 5) is 11.4. The van der Waals surface area contributed by atoms with E-state index in [4.69, 9.17) is 0 Å². The molecule has 2 heteroatoms. The number of hydrogen-bond donors (Lipinski definition) is 1. The van der Waals surface area contributed by atoms with Crippen LogP contribution in [0.15, 0.2) is 18.2 Å². The summed E-state index contributed by atoms with van der Waals surface area (Å²) < 4.78 is 0. The monoisotopic (exact) mass is 222 g/mol. The van der Waals surface area contributed by atoms with E-state index in [2.05, 4.69) is 0 Å². The summed E-state index contributed by atoms with van der Waals surface area (Å²) in [7, 11) is 0. The fourth-order valence-electron chi connectivity index (χ4n) is 1.43. The van der Waals surface area contributed by atoms with Crippen LogP contribution in [0, 0.1) is 0 Å². The molecule has 0 aliphatic carbocycles. The summed E-state index contributed by atoms with van der Waals surface area (Å²) in [6.07, 6.45) is 2.30. The van der Waals surface area contributed by atoms with Gasteiger partial charge < -0.3 is 5.11 Å². The van der Waals surface area contributed by atoms with Gasteiger partial charge in [0.1, 0.15) is 5.75 Å². The molecule has 1 aromatic rings. The third kappa shape index (κ3) is 4.05. The second-order valence-corrected chi connectivity index (χ2v) is 3.37. The second kappa shape index (κ2) is 7.91. The van der Waals surface area contributed by atoms with E-state index in [9.17, 15) is 9.90 Å². The molecule has 0 unspecified atom stereocenters. The summed E-state index contributed by atoms with van der Waals surface area (Å²) in [5.74, 6) is 0.418. The number of phenols is 1. The molecule has 90 valence electrons. The van der Waals surface area contributed by atoms with E-state index in [1.165, 1.54) is 0 Å². The van der Waals surface area contributed by atoms with E-state index < -0.39 is 0 Å². The van der Waals surface area contributed by atoms with E-state index in [0.29, 0.717) is 17.7 Å². The largest absolute Gasteiger partial charge is 0.508 e. The molecule has 0 saturated heterocycles. The predicted molar refractivity (Wildman–Crippen MR) is 68.1 cm³/mol. The number of carbonyl (C=O) groups excluding carboxylic acids is 1. The van der Waals surface area contributed by atoms with Crippen LogP contribution in [0.4, 0.5) is 0 Å². The first-order valence-corrected chi connectivity index (χ1v) is 6.04. The molecule has 1 N–H and O–H groups in total. The number of phenolic OH excluding ortho intramolecular Hbond substituents is 1. The molecule has 1 aromatic carbocycles. The highest BCUT2D eigenvalue weighted by atomic mass is 16.3. The van der Waals surface area contributed by atoms with Gasteiger partial charge in [-0.1, -0.05) is 34.1 Å². The lowest BCUT2D eigenvalue weighted by Crippen LogP contribution is -1.97. The molecule has 1 rings (SSSR count). The van der Waals surface area contributed by atoms with Crippen LogP contribution in [0.1, 0.15) is 56.5 Å². The van der Waals surface area contributed by atoms with Gasteiger partial charge >= 0.3 is 0 Å². The molecule has 0 aliphatic heterocycles. The highest BCUT2D eigenvalue weighted by molar-refractivity contribution is 5.96. The molecule has 0 atom stereocenters. The molecule has 0 saturated carbocycles. The zero-order valence-corrected chi connectivity index (χ0v) is 10.7. The molecule has 0 spiro atoms. The van der Waals surface area contributed by atoms with Crippen molar-refractivity contribution in [1.29, 1.82) is 0 Å². The quantitative estimate of drug-likeness (QED) is 0.783. The molecule has 2 nitrogen and oxygen atoms in total. The Hall–Kier alpha value is -1.31. The highest BCUT2D eigenvalue weighted by Gasteiger charge is 2.06. The van der Waals surface area contributed by atoms with Gasteiger partial charge in [0.2, 0.25) is 0 Å². The van der Waals surface area contributed by atoms with Crippen LogP contribution in [0.5, 0.6) is 5.75 Å². The molecule has 0 aliphatic rings. The number of hydrogen-bond acceptors (Lipinski definition) is 2. The maximum absolute atomic E-state index is 11.4. The van der Waals surface area contributed by atoms with E-state index in [1.807, 2.05) is 27.7 Å². The standard InChI is InChI=1S/C12H16O2.C2H6/c1-3-5-9-8-10(11(13)4-2)6-7-12(9)14;1-2/h6-8,14H,3-5H2,1-2H3;1-2H3. The Kier molecular flexibility index (Phi) is 7.27. The number of aryl methyl sites for hydroxylation is 1. The first-order chi connectivity index (χ1) is 7.69. The van der Waals surface area contributed by atoms with Gasteiger partial charge in [0.25, 0.3) is 0 Å². The molecule has 0 radical (unpaired) electrons. The summed E-state index contributed by atoms with van der Waals surface area (Å²) in [6.45, 7) is 7.89. The number of aromatic hydroxyl groups is 1. The summed E-state index contributed by atoms with van der Waals surface area (Å²) in [5.41, 5.74) is 1.57. The van der Waals surface area contributed by atoms with Crippen molar-refractivity contribution >= 4 is 5.78 Å². The fraction of sp³-hybridized carbons (Fsp3) is 0.500. The fourth-order valence-corrected chi connectivity index (χ4v) is 1.43. The Labute approximate surface area is 98.3 Å². The third-order valence-electron chi connectivity index (χ3n) is 2.24. The Balaban J connectivity index is 0.00000106. The van der Waals surface area contributed by atoms with Crippen LogP contribution in [0.25, 0.3) is 0 Å². The van der Waals surface area contributed by atoms with Gasteiger partial charge in [0.05, 0.1) is 0 Å². The maximum Gasteiger partial charge on any atom is 0.162 e. The average molecular weight is 222 g/mol. The lowest BCUT2D eigenvalue weighted by molar-refractivity contribution is 0.0988. The van der Waals surface area contributed by atoms with Crippen molar-refractivity contribution in [2.75, 3.05) is 0 Å². The maximum atomic E-state index is 11.4. The SMILES string of the molecule is CC.CCCc1cc(C(=O)CC)ccc1O. The van der Waals surface area contributed by atoms with Crippen molar-refractivity contribution < 1.29 is 9.90 Å². The van der Waals surface area contributed by atoms with Crippen LogP contribution in [-0.4, -0.2) is 10.9 Å². The zero-order valence-electron chi connectivity index (χ0n) is 10.7. The van der Waals surface area contributed by atoms with Crippen molar-refractivity contribution in [1.82, 2.24) is 0 Å². The van der Waals surface area contributed by atoms with Crippen LogP contribution in [0.3, 0.4) is 0 Å². The Morgan fingerprint density at radius 3 is 2.38 bits per heavy atom.